The molecule has 2 heterocycles. The van der Waals surface area contributed by atoms with E-state index in [9.17, 15) is 4.79 Å². The van der Waals surface area contributed by atoms with Gasteiger partial charge in [-0.3, -0.25) is 0 Å². The maximum atomic E-state index is 11.6. The lowest BCUT2D eigenvalue weighted by molar-refractivity contribution is 0.0593. The highest BCUT2D eigenvalue weighted by atomic mass is 35.5. The monoisotopic (exact) mass is 366 g/mol. The third-order valence-electron chi connectivity index (χ3n) is 3.32. The van der Waals surface area contributed by atoms with Crippen molar-refractivity contribution < 1.29 is 19.0 Å². The Hall–Kier alpha value is -2.44. The van der Waals surface area contributed by atoms with Crippen molar-refractivity contribution in [3.05, 3.63) is 47.4 Å². The molecule has 0 aliphatic carbocycles. The third-order valence-corrected chi connectivity index (χ3v) is 3.87. The summed E-state index contributed by atoms with van der Waals surface area (Å²) in [6.45, 7) is 0. The summed E-state index contributed by atoms with van der Waals surface area (Å²) in [6.07, 6.45) is 1.43. The molecule has 8 heteroatoms. The highest BCUT2D eigenvalue weighted by molar-refractivity contribution is 6.31. The van der Waals surface area contributed by atoms with Gasteiger partial charge in [-0.05, 0) is 24.3 Å². The minimum Gasteiger partial charge on any atom is -0.497 e. The molecule has 0 aliphatic heterocycles. The molecule has 0 N–H and O–H groups in total. The number of esters is 1. The fraction of sp³-hybridized carbons (Fsp3) is 0.125. The van der Waals surface area contributed by atoms with Crippen molar-refractivity contribution in [1.82, 2.24) is 9.07 Å². The van der Waals surface area contributed by atoms with E-state index in [1.807, 2.05) is 6.07 Å². The Labute approximate surface area is 147 Å². The normalized spacial score (nSPS) is 10.7. The van der Waals surface area contributed by atoms with E-state index in [2.05, 4.69) is 9.72 Å². The van der Waals surface area contributed by atoms with Crippen LogP contribution in [0.5, 0.6) is 17.2 Å². The number of halogens is 2. The average molecular weight is 367 g/mol. The van der Waals surface area contributed by atoms with Crippen LogP contribution < -0.4 is 9.47 Å². The zero-order chi connectivity index (χ0) is 17.3. The molecule has 3 aromatic rings. The number of fused-ring (bicyclic) bond motifs is 1. The second-order valence-corrected chi connectivity index (χ2v) is 5.52. The molecule has 0 amide bonds. The minimum atomic E-state index is -0.577. The Bertz CT molecular complexity index is 924. The summed E-state index contributed by atoms with van der Waals surface area (Å²) in [5.41, 5.74) is 0.846. The lowest BCUT2D eigenvalue weighted by atomic mass is 10.2. The van der Waals surface area contributed by atoms with Crippen molar-refractivity contribution in [3.8, 4) is 17.2 Å². The first-order valence-corrected chi connectivity index (χ1v) is 7.52. The van der Waals surface area contributed by atoms with Crippen LogP contribution in [0.4, 0.5) is 0 Å². The van der Waals surface area contributed by atoms with Gasteiger partial charge < -0.3 is 14.2 Å². The second-order valence-electron chi connectivity index (χ2n) is 4.80. The highest BCUT2D eigenvalue weighted by Gasteiger charge is 2.16. The summed E-state index contributed by atoms with van der Waals surface area (Å²) in [5.74, 6) is 0.775. The molecule has 24 heavy (non-hydrogen) atoms. The van der Waals surface area contributed by atoms with Gasteiger partial charge in [0.2, 0.25) is 0 Å². The molecular formula is C16H12Cl2N2O4. The van der Waals surface area contributed by atoms with E-state index in [1.165, 1.54) is 19.4 Å². The summed E-state index contributed by atoms with van der Waals surface area (Å²) < 4.78 is 16.6. The SMILES string of the molecule is COC(=O)c1cc(Oc2cc3cc(OC)ccc3nc2Cl)cn1Cl. The first-order chi connectivity index (χ1) is 11.5. The average Bonchev–Trinajstić information content (AvgIpc) is 2.94. The Balaban J connectivity index is 1.97. The van der Waals surface area contributed by atoms with Crippen LogP contribution in [0.25, 0.3) is 10.9 Å². The summed E-state index contributed by atoms with van der Waals surface area (Å²) in [6, 6.07) is 8.59. The topological polar surface area (TPSA) is 62.6 Å². The predicted octanol–water partition coefficient (Wildman–Crippen LogP) is 4.28. The van der Waals surface area contributed by atoms with E-state index in [4.69, 9.17) is 32.9 Å². The van der Waals surface area contributed by atoms with E-state index < -0.39 is 5.97 Å². The van der Waals surface area contributed by atoms with Gasteiger partial charge in [0.1, 0.15) is 17.2 Å². The molecule has 124 valence electrons. The lowest BCUT2D eigenvalue weighted by Gasteiger charge is -2.08. The van der Waals surface area contributed by atoms with E-state index in [0.29, 0.717) is 22.8 Å². The number of carbonyl (C=O) groups is 1. The number of ether oxygens (including phenoxy) is 3. The van der Waals surface area contributed by atoms with Crippen LogP contribution in [0.3, 0.4) is 0 Å². The van der Waals surface area contributed by atoms with Crippen LogP contribution in [0.15, 0.2) is 36.5 Å². The molecule has 0 saturated carbocycles. The fourth-order valence-electron chi connectivity index (χ4n) is 2.16. The van der Waals surface area contributed by atoms with Crippen LogP contribution in [0, 0.1) is 0 Å². The first kappa shape index (κ1) is 16.4. The largest absolute Gasteiger partial charge is 0.497 e. The maximum Gasteiger partial charge on any atom is 0.356 e. The zero-order valence-electron chi connectivity index (χ0n) is 12.7. The molecule has 0 saturated heterocycles. The molecule has 0 bridgehead atoms. The number of methoxy groups -OCH3 is 2. The van der Waals surface area contributed by atoms with Crippen molar-refractivity contribution in [1.29, 1.82) is 0 Å². The Kier molecular flexibility index (Phi) is 4.51. The van der Waals surface area contributed by atoms with Gasteiger partial charge in [-0.1, -0.05) is 11.6 Å². The van der Waals surface area contributed by atoms with E-state index in [1.54, 1.807) is 25.3 Å². The number of rotatable bonds is 4. The highest BCUT2D eigenvalue weighted by Crippen LogP contribution is 2.33. The number of benzene rings is 1. The second kappa shape index (κ2) is 6.59. The van der Waals surface area contributed by atoms with Gasteiger partial charge in [0.15, 0.2) is 10.9 Å². The van der Waals surface area contributed by atoms with Crippen molar-refractivity contribution in [2.24, 2.45) is 0 Å². The van der Waals surface area contributed by atoms with Crippen molar-refractivity contribution in [2.45, 2.75) is 0 Å². The van der Waals surface area contributed by atoms with E-state index in [-0.39, 0.29) is 10.8 Å². The predicted molar refractivity (Wildman–Crippen MR) is 90.4 cm³/mol. The van der Waals surface area contributed by atoms with Crippen LogP contribution >= 0.6 is 23.4 Å². The molecule has 0 atom stereocenters. The van der Waals surface area contributed by atoms with Crippen molar-refractivity contribution in [3.63, 3.8) is 0 Å². The quantitative estimate of drug-likeness (QED) is 0.509. The minimum absolute atomic E-state index is 0.140. The first-order valence-electron chi connectivity index (χ1n) is 6.81. The number of nitrogens with zero attached hydrogens (tertiary/aromatic N) is 2. The van der Waals surface area contributed by atoms with Crippen LogP contribution in [0.1, 0.15) is 10.5 Å². The number of hydrogen-bond acceptors (Lipinski definition) is 5. The Morgan fingerprint density at radius 2 is 1.96 bits per heavy atom. The van der Waals surface area contributed by atoms with Gasteiger partial charge in [-0.15, -0.1) is 0 Å². The fourth-order valence-corrected chi connectivity index (χ4v) is 2.56. The molecule has 3 rings (SSSR count). The summed E-state index contributed by atoms with van der Waals surface area (Å²) in [5, 5.41) is 0.988. The van der Waals surface area contributed by atoms with Crippen LogP contribution in [-0.2, 0) is 4.74 Å². The Morgan fingerprint density at radius 3 is 2.67 bits per heavy atom. The standard InChI is InChI=1S/C16H12Cl2N2O4/c1-22-10-3-4-12-9(5-10)6-14(15(17)19-12)24-11-7-13(16(21)23-2)20(18)8-11/h3-8H,1-2H3. The number of pyridine rings is 1. The van der Waals surface area contributed by atoms with Gasteiger partial charge in [0, 0.05) is 23.2 Å². The molecule has 1 aromatic carbocycles. The van der Waals surface area contributed by atoms with Gasteiger partial charge in [-0.2, -0.15) is 0 Å². The molecule has 6 nitrogen and oxygen atoms in total. The third kappa shape index (κ3) is 3.11. The van der Waals surface area contributed by atoms with Crippen molar-refractivity contribution in [2.75, 3.05) is 14.2 Å². The summed E-state index contributed by atoms with van der Waals surface area (Å²) in [4.78, 5) is 15.9. The summed E-state index contributed by atoms with van der Waals surface area (Å²) in [7, 11) is 2.85. The van der Waals surface area contributed by atoms with Gasteiger partial charge in [0.25, 0.3) is 0 Å². The molecule has 0 spiro atoms. The van der Waals surface area contributed by atoms with Gasteiger partial charge in [-0.25, -0.2) is 13.9 Å². The zero-order valence-corrected chi connectivity index (χ0v) is 14.3. The van der Waals surface area contributed by atoms with Crippen LogP contribution in [0.2, 0.25) is 5.15 Å². The van der Waals surface area contributed by atoms with Crippen molar-refractivity contribution >= 4 is 40.2 Å². The summed E-state index contributed by atoms with van der Waals surface area (Å²) >= 11 is 12.1. The Morgan fingerprint density at radius 1 is 1.17 bits per heavy atom. The maximum absolute atomic E-state index is 11.6. The van der Waals surface area contributed by atoms with Gasteiger partial charge in [0.05, 0.1) is 25.9 Å². The number of carbonyl (C=O) groups excluding carboxylic acids is 1. The number of hydrogen-bond donors (Lipinski definition) is 0. The van der Waals surface area contributed by atoms with E-state index in [0.717, 1.165) is 9.47 Å². The molecule has 0 fully saturated rings. The number of aromatic nitrogens is 2. The lowest BCUT2D eigenvalue weighted by Crippen LogP contribution is -2.03. The molecule has 0 aliphatic rings. The van der Waals surface area contributed by atoms with Gasteiger partial charge >= 0.3 is 5.97 Å². The molecule has 0 radical (unpaired) electrons. The molecular weight excluding hydrogens is 355 g/mol. The smallest absolute Gasteiger partial charge is 0.356 e. The molecule has 0 unspecified atom stereocenters. The molecule has 2 aromatic heterocycles. The van der Waals surface area contributed by atoms with E-state index >= 15 is 0 Å². The van der Waals surface area contributed by atoms with Crippen LogP contribution in [-0.4, -0.2) is 29.3 Å².